The van der Waals surface area contributed by atoms with Gasteiger partial charge in [0.15, 0.2) is 6.10 Å². The van der Waals surface area contributed by atoms with Gasteiger partial charge in [-0.2, -0.15) is 0 Å². The van der Waals surface area contributed by atoms with Crippen LogP contribution in [-0.4, -0.2) is 48.7 Å². The van der Waals surface area contributed by atoms with Crippen molar-refractivity contribution in [2.45, 2.75) is 39.3 Å². The van der Waals surface area contributed by atoms with Crippen molar-refractivity contribution in [2.75, 3.05) is 13.2 Å². The lowest BCUT2D eigenvalue weighted by Gasteiger charge is -2.34. The Morgan fingerprint density at radius 2 is 1.54 bits per heavy atom. The number of ether oxygens (including phenoxy) is 3. The quantitative estimate of drug-likeness (QED) is 0.387. The molecule has 0 heterocycles. The van der Waals surface area contributed by atoms with Crippen molar-refractivity contribution in [1.82, 2.24) is 5.32 Å². The molecular formula is C20H25NO7. The van der Waals surface area contributed by atoms with Crippen molar-refractivity contribution in [1.29, 1.82) is 0 Å². The van der Waals surface area contributed by atoms with E-state index in [1.54, 1.807) is 44.2 Å². The Morgan fingerprint density at radius 1 is 1.00 bits per heavy atom. The number of esters is 3. The van der Waals surface area contributed by atoms with E-state index in [4.69, 9.17) is 14.2 Å². The maximum absolute atomic E-state index is 12.8. The molecule has 8 heteroatoms. The van der Waals surface area contributed by atoms with Crippen LogP contribution in [0, 0.1) is 0 Å². The number of rotatable bonds is 9. The third kappa shape index (κ3) is 5.94. The standard InChI is InChI=1S/C20H25NO7/c1-5-26-18(24)20(21-14(3)22,19(25)27-6-2)17(28-15(4)23)13-12-16-10-8-7-9-11-16/h7-13,17H,5-6H2,1-4H3,(H,21,22)/b13-12+. The highest BCUT2D eigenvalue weighted by Crippen LogP contribution is 2.22. The summed E-state index contributed by atoms with van der Waals surface area (Å²) in [4.78, 5) is 49.1. The van der Waals surface area contributed by atoms with Gasteiger partial charge in [-0.1, -0.05) is 36.4 Å². The fourth-order valence-electron chi connectivity index (χ4n) is 2.47. The van der Waals surface area contributed by atoms with Crippen molar-refractivity contribution in [3.8, 4) is 0 Å². The van der Waals surface area contributed by atoms with Gasteiger partial charge in [0, 0.05) is 13.8 Å². The first-order chi connectivity index (χ1) is 13.3. The molecule has 0 aromatic heterocycles. The number of hydrogen-bond acceptors (Lipinski definition) is 7. The first kappa shape index (κ1) is 22.9. The van der Waals surface area contributed by atoms with Gasteiger partial charge in [0.2, 0.25) is 5.91 Å². The molecule has 1 rings (SSSR count). The van der Waals surface area contributed by atoms with E-state index in [9.17, 15) is 19.2 Å². The zero-order valence-corrected chi connectivity index (χ0v) is 16.4. The molecule has 0 radical (unpaired) electrons. The predicted molar refractivity (Wildman–Crippen MR) is 101 cm³/mol. The highest BCUT2D eigenvalue weighted by Gasteiger charge is 2.57. The normalized spacial score (nSPS) is 12.1. The van der Waals surface area contributed by atoms with Crippen molar-refractivity contribution >= 4 is 29.9 Å². The first-order valence-electron chi connectivity index (χ1n) is 8.81. The van der Waals surface area contributed by atoms with Crippen LogP contribution >= 0.6 is 0 Å². The lowest BCUT2D eigenvalue weighted by Crippen LogP contribution is -2.68. The fourth-order valence-corrected chi connectivity index (χ4v) is 2.47. The van der Waals surface area contributed by atoms with Gasteiger partial charge in [0.05, 0.1) is 13.2 Å². The van der Waals surface area contributed by atoms with Gasteiger partial charge in [0.25, 0.3) is 5.54 Å². The molecule has 0 saturated carbocycles. The van der Waals surface area contributed by atoms with Crippen LogP contribution in [0.25, 0.3) is 6.08 Å². The van der Waals surface area contributed by atoms with Crippen molar-refractivity contribution < 1.29 is 33.4 Å². The van der Waals surface area contributed by atoms with Crippen LogP contribution in [0.2, 0.25) is 0 Å². The first-order valence-corrected chi connectivity index (χ1v) is 8.81. The van der Waals surface area contributed by atoms with Crippen LogP contribution in [0.15, 0.2) is 36.4 Å². The van der Waals surface area contributed by atoms with E-state index < -0.39 is 35.5 Å². The highest BCUT2D eigenvalue weighted by molar-refractivity contribution is 6.09. The zero-order chi connectivity index (χ0) is 21.2. The van der Waals surface area contributed by atoms with Crippen LogP contribution in [-0.2, 0) is 33.4 Å². The molecule has 0 aliphatic carbocycles. The Labute approximate surface area is 163 Å². The molecule has 0 aliphatic rings. The number of carbonyl (C=O) groups excluding carboxylic acids is 4. The number of hydrogen-bond donors (Lipinski definition) is 1. The van der Waals surface area contributed by atoms with Crippen LogP contribution in [0.4, 0.5) is 0 Å². The van der Waals surface area contributed by atoms with Gasteiger partial charge >= 0.3 is 17.9 Å². The van der Waals surface area contributed by atoms with Gasteiger partial charge in [-0.25, -0.2) is 9.59 Å². The number of carbonyl (C=O) groups is 4. The van der Waals surface area contributed by atoms with E-state index in [1.165, 1.54) is 6.08 Å². The molecule has 1 N–H and O–H groups in total. The third-order valence-corrected chi connectivity index (χ3v) is 3.55. The molecule has 0 bridgehead atoms. The molecule has 1 aromatic carbocycles. The maximum atomic E-state index is 12.8. The fraction of sp³-hybridized carbons (Fsp3) is 0.400. The van der Waals surface area contributed by atoms with E-state index in [0.29, 0.717) is 0 Å². The molecule has 1 unspecified atom stereocenters. The maximum Gasteiger partial charge on any atom is 0.348 e. The second-order valence-electron chi connectivity index (χ2n) is 5.73. The molecule has 0 aliphatic heterocycles. The van der Waals surface area contributed by atoms with Crippen molar-refractivity contribution in [3.63, 3.8) is 0 Å². The molecule has 1 atom stereocenters. The van der Waals surface area contributed by atoms with Crippen LogP contribution in [0.3, 0.4) is 0 Å². The number of benzene rings is 1. The Bertz CT molecular complexity index is 709. The van der Waals surface area contributed by atoms with Gasteiger partial charge in [-0.05, 0) is 25.5 Å². The average molecular weight is 391 g/mol. The van der Waals surface area contributed by atoms with E-state index in [2.05, 4.69) is 5.32 Å². The summed E-state index contributed by atoms with van der Waals surface area (Å²) in [6.45, 7) is 5.21. The monoisotopic (exact) mass is 391 g/mol. The molecule has 28 heavy (non-hydrogen) atoms. The topological polar surface area (TPSA) is 108 Å². The summed E-state index contributed by atoms with van der Waals surface area (Å²) >= 11 is 0. The summed E-state index contributed by atoms with van der Waals surface area (Å²) < 4.78 is 15.3. The van der Waals surface area contributed by atoms with Crippen LogP contribution in [0.1, 0.15) is 33.3 Å². The summed E-state index contributed by atoms with van der Waals surface area (Å²) in [6, 6.07) is 8.95. The second kappa shape index (κ2) is 10.9. The van der Waals surface area contributed by atoms with E-state index in [1.807, 2.05) is 6.07 Å². The van der Waals surface area contributed by atoms with Crippen LogP contribution < -0.4 is 5.32 Å². The summed E-state index contributed by atoms with van der Waals surface area (Å²) in [5, 5.41) is 2.29. The molecule has 8 nitrogen and oxygen atoms in total. The van der Waals surface area contributed by atoms with Crippen LogP contribution in [0.5, 0.6) is 0 Å². The van der Waals surface area contributed by atoms with Gasteiger partial charge < -0.3 is 19.5 Å². The Hall–Kier alpha value is -3.16. The lowest BCUT2D eigenvalue weighted by atomic mass is 9.90. The van der Waals surface area contributed by atoms with Crippen molar-refractivity contribution in [3.05, 3.63) is 42.0 Å². The average Bonchev–Trinajstić information content (AvgIpc) is 2.64. The lowest BCUT2D eigenvalue weighted by molar-refractivity contribution is -0.177. The highest BCUT2D eigenvalue weighted by atomic mass is 16.6. The predicted octanol–water partition coefficient (Wildman–Crippen LogP) is 1.63. The largest absolute Gasteiger partial charge is 0.464 e. The molecule has 1 aromatic rings. The van der Waals surface area contributed by atoms with Gasteiger partial charge in [-0.3, -0.25) is 9.59 Å². The SMILES string of the molecule is CCOC(=O)C(NC(C)=O)(C(=O)OCC)C(/C=C/c1ccccc1)OC(C)=O. The molecule has 0 fully saturated rings. The Kier molecular flexibility index (Phi) is 8.87. The molecule has 0 spiro atoms. The number of nitrogens with one attached hydrogen (secondary N) is 1. The third-order valence-electron chi connectivity index (χ3n) is 3.55. The minimum Gasteiger partial charge on any atom is -0.464 e. The Balaban J connectivity index is 3.55. The molecule has 0 saturated heterocycles. The molecule has 152 valence electrons. The van der Waals surface area contributed by atoms with Crippen molar-refractivity contribution in [2.24, 2.45) is 0 Å². The van der Waals surface area contributed by atoms with E-state index >= 15 is 0 Å². The van der Waals surface area contributed by atoms with E-state index in [0.717, 1.165) is 19.4 Å². The van der Waals surface area contributed by atoms with Gasteiger partial charge in [-0.15, -0.1) is 0 Å². The zero-order valence-electron chi connectivity index (χ0n) is 16.4. The number of amides is 1. The van der Waals surface area contributed by atoms with E-state index in [-0.39, 0.29) is 13.2 Å². The van der Waals surface area contributed by atoms with Gasteiger partial charge in [0.1, 0.15) is 0 Å². The second-order valence-corrected chi connectivity index (χ2v) is 5.73. The molecular weight excluding hydrogens is 366 g/mol. The summed E-state index contributed by atoms with van der Waals surface area (Å²) in [5.41, 5.74) is -1.65. The Morgan fingerprint density at radius 3 is 1.96 bits per heavy atom. The molecule has 1 amide bonds. The minimum atomic E-state index is -2.38. The minimum absolute atomic E-state index is 0.0607. The summed E-state index contributed by atoms with van der Waals surface area (Å²) in [7, 11) is 0. The summed E-state index contributed by atoms with van der Waals surface area (Å²) in [6.07, 6.45) is 1.40. The summed E-state index contributed by atoms with van der Waals surface area (Å²) in [5.74, 6) is -3.64. The smallest absolute Gasteiger partial charge is 0.348 e.